The van der Waals surface area contributed by atoms with Crippen molar-refractivity contribution >= 4 is 17.4 Å². The van der Waals surface area contributed by atoms with E-state index in [4.69, 9.17) is 0 Å². The third-order valence-electron chi connectivity index (χ3n) is 6.18. The molecule has 0 fully saturated rings. The number of hydrogen-bond acceptors (Lipinski definition) is 1. The van der Waals surface area contributed by atoms with E-state index in [2.05, 4.69) is 93.6 Å². The van der Waals surface area contributed by atoms with E-state index >= 15 is 0 Å². The van der Waals surface area contributed by atoms with Gasteiger partial charge in [0.25, 0.3) is 0 Å². The minimum Gasteiger partial charge on any atom is -0.295 e. The zero-order valence-corrected chi connectivity index (χ0v) is 18.4. The van der Waals surface area contributed by atoms with Crippen LogP contribution in [0.15, 0.2) is 72.8 Å². The standard InChI is InChI=1S/C29H30O/c1-20(30)23-14-15-24-19-27(22-10-6-5-7-11-22)26(28(24)18-23)16-13-21-9-8-12-25(17-21)29(2,3)4/h5-12,14-15,17-19,26H,13,16H2,1-4H3. The highest BCUT2D eigenvalue weighted by Crippen LogP contribution is 2.45. The number of fused-ring (bicyclic) bond motifs is 1. The molecule has 0 amide bonds. The number of benzene rings is 3. The predicted molar refractivity (Wildman–Crippen MR) is 127 cm³/mol. The van der Waals surface area contributed by atoms with Crippen LogP contribution in [0.5, 0.6) is 0 Å². The summed E-state index contributed by atoms with van der Waals surface area (Å²) in [7, 11) is 0. The van der Waals surface area contributed by atoms with Gasteiger partial charge in [0.1, 0.15) is 0 Å². The largest absolute Gasteiger partial charge is 0.295 e. The van der Waals surface area contributed by atoms with Gasteiger partial charge < -0.3 is 0 Å². The molecule has 0 saturated heterocycles. The second-order valence-electron chi connectivity index (χ2n) is 9.41. The second-order valence-corrected chi connectivity index (χ2v) is 9.41. The zero-order valence-electron chi connectivity index (χ0n) is 18.4. The van der Waals surface area contributed by atoms with Gasteiger partial charge in [0.05, 0.1) is 0 Å². The summed E-state index contributed by atoms with van der Waals surface area (Å²) in [4.78, 5) is 12.0. The van der Waals surface area contributed by atoms with E-state index in [1.165, 1.54) is 33.4 Å². The lowest BCUT2D eigenvalue weighted by atomic mass is 9.83. The average molecular weight is 395 g/mol. The van der Waals surface area contributed by atoms with Crippen LogP contribution in [0.3, 0.4) is 0 Å². The summed E-state index contributed by atoms with van der Waals surface area (Å²) in [6.45, 7) is 8.44. The summed E-state index contributed by atoms with van der Waals surface area (Å²) in [6.07, 6.45) is 4.36. The number of ketones is 1. The van der Waals surface area contributed by atoms with E-state index in [-0.39, 0.29) is 11.2 Å². The van der Waals surface area contributed by atoms with Crippen LogP contribution in [0.2, 0.25) is 0 Å². The van der Waals surface area contributed by atoms with Gasteiger partial charge in [-0.05, 0) is 64.6 Å². The molecule has 0 radical (unpaired) electrons. The molecule has 1 aliphatic rings. The summed E-state index contributed by atoms with van der Waals surface area (Å²) in [5.74, 6) is 0.433. The summed E-state index contributed by atoms with van der Waals surface area (Å²) in [5, 5.41) is 0. The normalized spacial score (nSPS) is 15.6. The number of aryl methyl sites for hydroxylation is 1. The van der Waals surface area contributed by atoms with Crippen LogP contribution in [0.1, 0.15) is 78.2 Å². The maximum absolute atomic E-state index is 12.0. The zero-order chi connectivity index (χ0) is 21.3. The minimum atomic E-state index is 0.127. The van der Waals surface area contributed by atoms with Crippen molar-refractivity contribution in [1.82, 2.24) is 0 Å². The van der Waals surface area contributed by atoms with Crippen LogP contribution in [0.4, 0.5) is 0 Å². The van der Waals surface area contributed by atoms with Gasteiger partial charge in [0.15, 0.2) is 5.78 Å². The molecule has 1 atom stereocenters. The Morgan fingerprint density at radius 3 is 2.37 bits per heavy atom. The SMILES string of the molecule is CC(=O)c1ccc2c(c1)C(CCc1cccc(C(C)(C)C)c1)C(c1ccccc1)=C2. The van der Waals surface area contributed by atoms with E-state index in [0.29, 0.717) is 5.92 Å². The monoisotopic (exact) mass is 394 g/mol. The summed E-state index contributed by atoms with van der Waals surface area (Å²) >= 11 is 0. The van der Waals surface area contributed by atoms with Crippen LogP contribution in [-0.4, -0.2) is 5.78 Å². The number of rotatable bonds is 5. The Labute approximate surface area is 180 Å². The van der Waals surface area contributed by atoms with Gasteiger partial charge in [-0.15, -0.1) is 0 Å². The Bertz CT molecular complexity index is 1100. The molecule has 0 aliphatic heterocycles. The highest BCUT2D eigenvalue weighted by atomic mass is 16.1. The number of allylic oxidation sites excluding steroid dienone is 1. The molecule has 0 N–H and O–H groups in total. The van der Waals surface area contributed by atoms with Gasteiger partial charge in [-0.3, -0.25) is 4.79 Å². The molecule has 3 aromatic carbocycles. The van der Waals surface area contributed by atoms with E-state index < -0.39 is 0 Å². The van der Waals surface area contributed by atoms with Crippen LogP contribution in [0, 0.1) is 0 Å². The van der Waals surface area contributed by atoms with Crippen molar-refractivity contribution in [2.45, 2.75) is 51.9 Å². The third kappa shape index (κ3) is 4.16. The fraction of sp³-hybridized carbons (Fsp3) is 0.276. The molecular weight excluding hydrogens is 364 g/mol. The molecule has 1 unspecified atom stereocenters. The van der Waals surface area contributed by atoms with Gasteiger partial charge in [0.2, 0.25) is 0 Å². The van der Waals surface area contributed by atoms with Gasteiger partial charge in [0, 0.05) is 11.5 Å². The molecule has 4 rings (SSSR count). The fourth-order valence-corrected chi connectivity index (χ4v) is 4.39. The van der Waals surface area contributed by atoms with E-state index in [0.717, 1.165) is 18.4 Å². The van der Waals surface area contributed by atoms with Gasteiger partial charge in [-0.25, -0.2) is 0 Å². The molecule has 0 heterocycles. The molecule has 30 heavy (non-hydrogen) atoms. The Morgan fingerprint density at radius 2 is 1.67 bits per heavy atom. The van der Waals surface area contributed by atoms with Crippen molar-refractivity contribution in [2.24, 2.45) is 0 Å². The quantitative estimate of drug-likeness (QED) is 0.411. The maximum Gasteiger partial charge on any atom is 0.159 e. The Balaban J connectivity index is 1.67. The Morgan fingerprint density at radius 1 is 0.900 bits per heavy atom. The minimum absolute atomic E-state index is 0.127. The molecule has 3 aromatic rings. The third-order valence-corrected chi connectivity index (χ3v) is 6.18. The molecule has 0 aromatic heterocycles. The van der Waals surface area contributed by atoms with Crippen LogP contribution in [-0.2, 0) is 11.8 Å². The predicted octanol–water partition coefficient (Wildman–Crippen LogP) is 7.46. The van der Waals surface area contributed by atoms with E-state index in [1.807, 2.05) is 6.07 Å². The van der Waals surface area contributed by atoms with Crippen molar-refractivity contribution < 1.29 is 4.79 Å². The average Bonchev–Trinajstić information content (AvgIpc) is 3.10. The molecular formula is C29H30O. The van der Waals surface area contributed by atoms with Crippen molar-refractivity contribution in [3.63, 3.8) is 0 Å². The molecule has 0 bridgehead atoms. The van der Waals surface area contributed by atoms with Crippen LogP contribution >= 0.6 is 0 Å². The first kappa shape index (κ1) is 20.3. The Hall–Kier alpha value is -2.93. The Kier molecular flexibility index (Phi) is 5.47. The highest BCUT2D eigenvalue weighted by molar-refractivity contribution is 5.97. The van der Waals surface area contributed by atoms with Crippen LogP contribution in [0.25, 0.3) is 11.6 Å². The maximum atomic E-state index is 12.0. The number of carbonyl (C=O) groups is 1. The van der Waals surface area contributed by atoms with Gasteiger partial charge >= 0.3 is 0 Å². The molecule has 1 heteroatoms. The molecule has 0 saturated carbocycles. The lowest BCUT2D eigenvalue weighted by molar-refractivity contribution is 0.101. The fourth-order valence-electron chi connectivity index (χ4n) is 4.39. The first-order valence-electron chi connectivity index (χ1n) is 10.8. The first-order valence-corrected chi connectivity index (χ1v) is 10.8. The number of Topliss-reactive ketones (excluding diaryl/α,β-unsaturated/α-hetero) is 1. The van der Waals surface area contributed by atoms with Gasteiger partial charge in [-0.1, -0.05) is 93.6 Å². The second kappa shape index (κ2) is 8.07. The topological polar surface area (TPSA) is 17.1 Å². The van der Waals surface area contributed by atoms with Crippen molar-refractivity contribution in [2.75, 3.05) is 0 Å². The lowest BCUT2D eigenvalue weighted by Gasteiger charge is -2.21. The van der Waals surface area contributed by atoms with Crippen molar-refractivity contribution in [3.8, 4) is 0 Å². The summed E-state index contributed by atoms with van der Waals surface area (Å²) in [5.41, 5.74) is 8.87. The molecule has 1 aliphatic carbocycles. The van der Waals surface area contributed by atoms with Crippen LogP contribution < -0.4 is 0 Å². The highest BCUT2D eigenvalue weighted by Gasteiger charge is 2.27. The molecule has 1 nitrogen and oxygen atoms in total. The van der Waals surface area contributed by atoms with E-state index in [1.54, 1.807) is 6.92 Å². The number of hydrogen-bond donors (Lipinski definition) is 0. The van der Waals surface area contributed by atoms with Crippen molar-refractivity contribution in [1.29, 1.82) is 0 Å². The summed E-state index contributed by atoms with van der Waals surface area (Å²) in [6, 6.07) is 25.8. The van der Waals surface area contributed by atoms with Gasteiger partial charge in [-0.2, -0.15) is 0 Å². The molecule has 152 valence electrons. The lowest BCUT2D eigenvalue weighted by Crippen LogP contribution is -2.11. The summed E-state index contributed by atoms with van der Waals surface area (Å²) < 4.78 is 0. The first-order chi connectivity index (χ1) is 14.3. The number of carbonyl (C=O) groups excluding carboxylic acids is 1. The van der Waals surface area contributed by atoms with Crippen molar-refractivity contribution in [3.05, 3.63) is 106 Å². The van der Waals surface area contributed by atoms with E-state index in [9.17, 15) is 4.79 Å². The molecule has 0 spiro atoms. The smallest absolute Gasteiger partial charge is 0.159 e.